The van der Waals surface area contributed by atoms with Crippen LogP contribution in [0.5, 0.6) is 0 Å². The van der Waals surface area contributed by atoms with Crippen molar-refractivity contribution in [3.05, 3.63) is 45.1 Å². The van der Waals surface area contributed by atoms with Gasteiger partial charge in [0.05, 0.1) is 6.54 Å². The topological polar surface area (TPSA) is 38.1 Å². The van der Waals surface area contributed by atoms with E-state index in [-0.39, 0.29) is 0 Å². The molecule has 0 aliphatic carbocycles. The molecule has 0 bridgehead atoms. The Morgan fingerprint density at radius 2 is 2.25 bits per heavy atom. The number of fused-ring (bicyclic) bond motifs is 1. The van der Waals surface area contributed by atoms with Crippen molar-refractivity contribution in [2.24, 2.45) is 0 Å². The van der Waals surface area contributed by atoms with E-state index in [1.165, 1.54) is 22.3 Å². The van der Waals surface area contributed by atoms with E-state index in [0.29, 0.717) is 4.47 Å². The second-order valence-electron chi connectivity index (χ2n) is 4.65. The molecule has 0 aliphatic rings. The van der Waals surface area contributed by atoms with Gasteiger partial charge in [-0.25, -0.2) is 4.98 Å². The highest BCUT2D eigenvalue weighted by molar-refractivity contribution is 7.15. The molecule has 0 saturated carbocycles. The Labute approximate surface area is 126 Å². The van der Waals surface area contributed by atoms with Gasteiger partial charge in [-0.1, -0.05) is 18.5 Å². The van der Waals surface area contributed by atoms with Crippen LogP contribution in [0.3, 0.4) is 0 Å². The summed E-state index contributed by atoms with van der Waals surface area (Å²) in [5.74, 6) is 1.06. The molecule has 0 spiro atoms. The first-order chi connectivity index (χ1) is 9.67. The number of thiazole rings is 1. The maximum atomic E-state index is 5.83. The predicted molar refractivity (Wildman–Crippen MR) is 84.8 cm³/mol. The summed E-state index contributed by atoms with van der Waals surface area (Å²) in [6.45, 7) is 4.95. The van der Waals surface area contributed by atoms with E-state index in [1.807, 2.05) is 12.1 Å². The molecule has 2 heterocycles. The molecular formula is C15H15ClN2OS. The maximum Gasteiger partial charge on any atom is 0.183 e. The van der Waals surface area contributed by atoms with E-state index in [9.17, 15) is 0 Å². The minimum absolute atomic E-state index is 0.579. The average molecular weight is 307 g/mol. The van der Waals surface area contributed by atoms with E-state index >= 15 is 0 Å². The van der Waals surface area contributed by atoms with Gasteiger partial charge in [0.2, 0.25) is 0 Å². The average Bonchev–Trinajstić information content (AvgIpc) is 3.01. The Hall–Kier alpha value is -1.52. The molecule has 0 fully saturated rings. The summed E-state index contributed by atoms with van der Waals surface area (Å²) in [4.78, 5) is 5.16. The molecule has 0 unspecified atom stereocenters. The maximum absolute atomic E-state index is 5.83. The number of rotatable bonds is 4. The summed E-state index contributed by atoms with van der Waals surface area (Å²) >= 11 is 7.32. The molecule has 5 heteroatoms. The number of anilines is 1. The minimum Gasteiger partial charge on any atom is -0.461 e. The molecule has 0 atom stereocenters. The predicted octanol–water partition coefficient (Wildman–Crippen LogP) is 5.03. The zero-order valence-corrected chi connectivity index (χ0v) is 12.9. The summed E-state index contributed by atoms with van der Waals surface area (Å²) in [5, 5.41) is 4.57. The Morgan fingerprint density at radius 1 is 1.40 bits per heavy atom. The van der Waals surface area contributed by atoms with Crippen molar-refractivity contribution >= 4 is 39.6 Å². The molecule has 20 heavy (non-hydrogen) atoms. The Kier molecular flexibility index (Phi) is 3.68. The number of hydrogen-bond donors (Lipinski definition) is 1. The van der Waals surface area contributed by atoms with E-state index < -0.39 is 0 Å². The summed E-state index contributed by atoms with van der Waals surface area (Å²) in [6.07, 6.45) is 2.72. The van der Waals surface area contributed by atoms with Gasteiger partial charge < -0.3 is 9.73 Å². The molecule has 3 nitrogen and oxygen atoms in total. The van der Waals surface area contributed by atoms with Gasteiger partial charge in [-0.05, 0) is 30.7 Å². The summed E-state index contributed by atoms with van der Waals surface area (Å²) < 4.78 is 6.40. The standard InChI is InChI=1S/C15H15ClN2OS/c1-3-13-9(2)12-6-10(4-5-14(12)19-13)17-7-11-8-18-15(16)20-11/h4-6,8,17H,3,7H2,1-2H3. The van der Waals surface area contributed by atoms with Gasteiger partial charge in [0, 0.05) is 28.6 Å². The number of aromatic nitrogens is 1. The van der Waals surface area contributed by atoms with Gasteiger partial charge in [0.15, 0.2) is 4.47 Å². The molecule has 0 saturated heterocycles. The lowest BCUT2D eigenvalue weighted by Gasteiger charge is -2.04. The molecular weight excluding hydrogens is 292 g/mol. The summed E-state index contributed by atoms with van der Waals surface area (Å²) in [5.41, 5.74) is 3.26. The molecule has 3 rings (SSSR count). The van der Waals surface area contributed by atoms with Crippen molar-refractivity contribution in [3.8, 4) is 0 Å². The zero-order valence-electron chi connectivity index (χ0n) is 11.4. The molecule has 1 aromatic carbocycles. The fourth-order valence-electron chi connectivity index (χ4n) is 2.27. The first-order valence-electron chi connectivity index (χ1n) is 6.53. The van der Waals surface area contributed by atoms with E-state index in [1.54, 1.807) is 6.20 Å². The van der Waals surface area contributed by atoms with Crippen molar-refractivity contribution in [1.82, 2.24) is 4.98 Å². The summed E-state index contributed by atoms with van der Waals surface area (Å²) in [6, 6.07) is 6.19. The third kappa shape index (κ3) is 2.53. The molecule has 3 aromatic rings. The number of nitrogens with one attached hydrogen (secondary N) is 1. The number of nitrogens with zero attached hydrogens (tertiary/aromatic N) is 1. The monoisotopic (exact) mass is 306 g/mol. The van der Waals surface area contributed by atoms with Crippen LogP contribution in [0.1, 0.15) is 23.1 Å². The molecule has 1 N–H and O–H groups in total. The lowest BCUT2D eigenvalue weighted by Crippen LogP contribution is -1.96. The highest BCUT2D eigenvalue weighted by Crippen LogP contribution is 2.28. The first kappa shape index (κ1) is 13.5. The number of furan rings is 1. The van der Waals surface area contributed by atoms with Crippen molar-refractivity contribution in [1.29, 1.82) is 0 Å². The zero-order chi connectivity index (χ0) is 14.1. The Balaban J connectivity index is 1.83. The van der Waals surface area contributed by atoms with Crippen LogP contribution in [0.2, 0.25) is 4.47 Å². The van der Waals surface area contributed by atoms with Crippen LogP contribution >= 0.6 is 22.9 Å². The van der Waals surface area contributed by atoms with Gasteiger partial charge in [0.1, 0.15) is 11.3 Å². The number of hydrogen-bond acceptors (Lipinski definition) is 4. The van der Waals surface area contributed by atoms with Crippen molar-refractivity contribution < 1.29 is 4.42 Å². The van der Waals surface area contributed by atoms with Gasteiger partial charge in [-0.2, -0.15) is 0 Å². The fourth-order valence-corrected chi connectivity index (χ4v) is 3.19. The quantitative estimate of drug-likeness (QED) is 0.735. The van der Waals surface area contributed by atoms with Crippen LogP contribution in [-0.2, 0) is 13.0 Å². The second kappa shape index (κ2) is 5.46. The number of benzene rings is 1. The second-order valence-corrected chi connectivity index (χ2v) is 6.35. The third-order valence-corrected chi connectivity index (χ3v) is 4.46. The van der Waals surface area contributed by atoms with E-state index in [2.05, 4.69) is 30.2 Å². The lowest BCUT2D eigenvalue weighted by molar-refractivity contribution is 0.553. The molecule has 0 radical (unpaired) electrons. The summed E-state index contributed by atoms with van der Waals surface area (Å²) in [7, 11) is 0. The van der Waals surface area contributed by atoms with Crippen LogP contribution in [0.4, 0.5) is 5.69 Å². The highest BCUT2D eigenvalue weighted by Gasteiger charge is 2.09. The molecule has 2 aromatic heterocycles. The van der Waals surface area contributed by atoms with Crippen molar-refractivity contribution in [3.63, 3.8) is 0 Å². The number of halogens is 1. The largest absolute Gasteiger partial charge is 0.461 e. The van der Waals surface area contributed by atoms with Crippen LogP contribution in [-0.4, -0.2) is 4.98 Å². The Bertz CT molecular complexity index is 747. The van der Waals surface area contributed by atoms with Crippen LogP contribution in [0.25, 0.3) is 11.0 Å². The normalized spacial score (nSPS) is 11.2. The first-order valence-corrected chi connectivity index (χ1v) is 7.73. The van der Waals surface area contributed by atoms with Crippen LogP contribution in [0, 0.1) is 6.92 Å². The third-order valence-electron chi connectivity index (χ3n) is 3.35. The minimum atomic E-state index is 0.579. The SMILES string of the molecule is CCc1oc2ccc(NCc3cnc(Cl)s3)cc2c1C. The molecule has 104 valence electrons. The molecule has 0 aliphatic heterocycles. The number of aryl methyl sites for hydroxylation is 2. The van der Waals surface area contributed by atoms with Gasteiger partial charge >= 0.3 is 0 Å². The van der Waals surface area contributed by atoms with E-state index in [0.717, 1.165) is 34.9 Å². The van der Waals surface area contributed by atoms with Crippen LogP contribution < -0.4 is 5.32 Å². The lowest BCUT2D eigenvalue weighted by atomic mass is 10.1. The highest BCUT2D eigenvalue weighted by atomic mass is 35.5. The van der Waals surface area contributed by atoms with Crippen molar-refractivity contribution in [2.45, 2.75) is 26.8 Å². The van der Waals surface area contributed by atoms with E-state index in [4.69, 9.17) is 16.0 Å². The van der Waals surface area contributed by atoms with Gasteiger partial charge in [-0.3, -0.25) is 0 Å². The van der Waals surface area contributed by atoms with Crippen LogP contribution in [0.15, 0.2) is 28.8 Å². The fraction of sp³-hybridized carbons (Fsp3) is 0.267. The van der Waals surface area contributed by atoms with Gasteiger partial charge in [0.25, 0.3) is 0 Å². The Morgan fingerprint density at radius 3 is 2.95 bits per heavy atom. The smallest absolute Gasteiger partial charge is 0.183 e. The van der Waals surface area contributed by atoms with Crippen molar-refractivity contribution in [2.75, 3.05) is 5.32 Å². The van der Waals surface area contributed by atoms with Gasteiger partial charge in [-0.15, -0.1) is 11.3 Å². The molecule has 0 amide bonds.